The molecule has 0 aliphatic heterocycles. The monoisotopic (exact) mass is 193 g/mol. The summed E-state index contributed by atoms with van der Waals surface area (Å²) in [4.78, 5) is 0. The van der Waals surface area contributed by atoms with Gasteiger partial charge in [-0.1, -0.05) is 13.8 Å². The van der Waals surface area contributed by atoms with E-state index in [0.29, 0.717) is 12.5 Å². The van der Waals surface area contributed by atoms with Crippen LogP contribution in [0, 0.1) is 12.8 Å². The Kier molecular flexibility index (Phi) is 31.2. The molecule has 0 aromatic carbocycles. The maximum atomic E-state index is 8.14. The molecule has 2 heteroatoms. The Morgan fingerprint density at radius 2 is 1.50 bits per heavy atom. The van der Waals surface area contributed by atoms with Crippen LogP contribution in [0.5, 0.6) is 0 Å². The fourth-order valence-electron chi connectivity index (χ4n) is 0. The first-order valence-corrected chi connectivity index (χ1v) is 2.59. The average Bonchev–Trinajstić information content (AvgIpc) is 1.73. The first kappa shape index (κ1) is 15.9. The molecule has 0 atom stereocenters. The third-order valence-electron chi connectivity index (χ3n) is 0.365. The van der Waals surface area contributed by atoms with Crippen molar-refractivity contribution in [3.63, 3.8) is 0 Å². The summed E-state index contributed by atoms with van der Waals surface area (Å²) in [5.74, 6) is 0.440. The van der Waals surface area contributed by atoms with Crippen molar-refractivity contribution in [2.24, 2.45) is 5.92 Å². The Labute approximate surface area is 71.6 Å². The van der Waals surface area contributed by atoms with E-state index in [1.165, 1.54) is 0 Å². The van der Waals surface area contributed by atoms with Crippen LogP contribution in [-0.4, -0.2) is 11.7 Å². The normalized spacial score (nSPS) is 6.75. The summed E-state index contributed by atoms with van der Waals surface area (Å²) in [5, 5.41) is 8.14. The summed E-state index contributed by atoms with van der Waals surface area (Å²) in [6, 6.07) is 0. The van der Waals surface area contributed by atoms with Gasteiger partial charge in [0, 0.05) is 32.8 Å². The minimum Gasteiger partial charge on any atom is -0.396 e. The molecule has 0 aliphatic rings. The Balaban J connectivity index is -0.0000000750. The van der Waals surface area contributed by atoms with E-state index in [0.717, 1.165) is 0 Å². The van der Waals surface area contributed by atoms with Crippen molar-refractivity contribution in [3.05, 3.63) is 6.92 Å². The van der Waals surface area contributed by atoms with E-state index in [1.807, 2.05) is 13.8 Å². The summed E-state index contributed by atoms with van der Waals surface area (Å²) in [7, 11) is 0. The SMILES string of the molecule is CC(C)CO.[CH2-]C.[Zr]. The third kappa shape index (κ3) is 28.9. The molecule has 0 unspecified atom stereocenters. The molecule has 1 nitrogen and oxygen atoms in total. The fraction of sp³-hybridized carbons (Fsp3) is 0.833. The Morgan fingerprint density at radius 1 is 1.38 bits per heavy atom. The van der Waals surface area contributed by atoms with Crippen LogP contribution in [0.4, 0.5) is 0 Å². The molecule has 0 bridgehead atoms. The van der Waals surface area contributed by atoms with E-state index < -0.39 is 0 Å². The molecule has 0 aromatic heterocycles. The van der Waals surface area contributed by atoms with Gasteiger partial charge in [-0.15, -0.1) is 0 Å². The molecule has 0 aromatic rings. The molecule has 0 heterocycles. The van der Waals surface area contributed by atoms with Crippen LogP contribution >= 0.6 is 0 Å². The Bertz CT molecular complexity index is 22.5. The Hall–Kier alpha value is 0.843. The van der Waals surface area contributed by atoms with Crippen molar-refractivity contribution in [2.45, 2.75) is 20.8 Å². The summed E-state index contributed by atoms with van der Waals surface area (Å²) < 4.78 is 0. The van der Waals surface area contributed by atoms with Gasteiger partial charge >= 0.3 is 0 Å². The summed E-state index contributed by atoms with van der Waals surface area (Å²) in [5.41, 5.74) is 0. The molecule has 0 rings (SSSR count). The quantitative estimate of drug-likeness (QED) is 0.627. The van der Waals surface area contributed by atoms with Crippen LogP contribution in [0.1, 0.15) is 20.8 Å². The van der Waals surface area contributed by atoms with Gasteiger partial charge in [0.2, 0.25) is 0 Å². The zero-order valence-electron chi connectivity index (χ0n) is 5.94. The largest absolute Gasteiger partial charge is 0.396 e. The topological polar surface area (TPSA) is 20.2 Å². The molecule has 0 radical (unpaired) electrons. The second kappa shape index (κ2) is 15.7. The van der Waals surface area contributed by atoms with Gasteiger partial charge in [-0.2, -0.15) is 6.92 Å². The van der Waals surface area contributed by atoms with E-state index >= 15 is 0 Å². The molecule has 0 saturated carbocycles. The third-order valence-corrected chi connectivity index (χ3v) is 0.365. The van der Waals surface area contributed by atoms with Gasteiger partial charge in [-0.25, -0.2) is 0 Å². The van der Waals surface area contributed by atoms with Crippen molar-refractivity contribution in [1.29, 1.82) is 0 Å². The molecule has 0 aliphatic carbocycles. The molecule has 0 fully saturated rings. The first-order valence-electron chi connectivity index (χ1n) is 2.59. The Morgan fingerprint density at radius 3 is 1.50 bits per heavy atom. The van der Waals surface area contributed by atoms with Crippen LogP contribution < -0.4 is 0 Å². The standard InChI is InChI=1S/C4H10O.C2H5.Zr/c1-4(2)3-5;1-2;/h4-5H,3H2,1-2H3;1H2,2H3;/q;-1;. The van der Waals surface area contributed by atoms with Crippen LogP contribution in [-0.2, 0) is 26.2 Å². The van der Waals surface area contributed by atoms with E-state index in [2.05, 4.69) is 6.92 Å². The number of aliphatic hydroxyl groups is 1. The zero-order valence-corrected chi connectivity index (χ0v) is 8.40. The maximum Gasteiger partial charge on any atom is 0.0453 e. The minimum atomic E-state index is 0. The second-order valence-corrected chi connectivity index (χ2v) is 1.58. The van der Waals surface area contributed by atoms with Gasteiger partial charge in [0.25, 0.3) is 0 Å². The minimum absolute atomic E-state index is 0. The maximum absolute atomic E-state index is 8.14. The average molecular weight is 194 g/mol. The van der Waals surface area contributed by atoms with Gasteiger partial charge < -0.3 is 12.0 Å². The summed E-state index contributed by atoms with van der Waals surface area (Å²) >= 11 is 0. The van der Waals surface area contributed by atoms with Gasteiger partial charge in [-0.05, 0) is 5.92 Å². The van der Waals surface area contributed by atoms with Crippen LogP contribution in [0.15, 0.2) is 0 Å². The van der Waals surface area contributed by atoms with Crippen molar-refractivity contribution >= 4 is 0 Å². The predicted molar refractivity (Wildman–Crippen MR) is 33.0 cm³/mol. The number of rotatable bonds is 1. The smallest absolute Gasteiger partial charge is 0.0453 e. The van der Waals surface area contributed by atoms with Gasteiger partial charge in [0.05, 0.1) is 0 Å². The molecule has 8 heavy (non-hydrogen) atoms. The molecule has 50 valence electrons. The van der Waals surface area contributed by atoms with E-state index in [9.17, 15) is 0 Å². The van der Waals surface area contributed by atoms with Gasteiger partial charge in [-0.3, -0.25) is 0 Å². The van der Waals surface area contributed by atoms with Crippen molar-refractivity contribution in [1.82, 2.24) is 0 Å². The van der Waals surface area contributed by atoms with Crippen molar-refractivity contribution < 1.29 is 31.3 Å². The summed E-state index contributed by atoms with van der Waals surface area (Å²) in [6.07, 6.45) is 0. The second-order valence-electron chi connectivity index (χ2n) is 1.58. The van der Waals surface area contributed by atoms with E-state index in [4.69, 9.17) is 5.11 Å². The molecule has 1 N–H and O–H groups in total. The van der Waals surface area contributed by atoms with E-state index in [1.54, 1.807) is 6.92 Å². The van der Waals surface area contributed by atoms with E-state index in [-0.39, 0.29) is 26.2 Å². The number of hydrogen-bond donors (Lipinski definition) is 1. The fourth-order valence-corrected chi connectivity index (χ4v) is 0. The van der Waals surface area contributed by atoms with Gasteiger partial charge in [0.1, 0.15) is 0 Å². The van der Waals surface area contributed by atoms with Crippen LogP contribution in [0.25, 0.3) is 0 Å². The number of aliphatic hydroxyl groups excluding tert-OH is 1. The molecule has 0 amide bonds. The van der Waals surface area contributed by atoms with Gasteiger partial charge in [0.15, 0.2) is 0 Å². The van der Waals surface area contributed by atoms with Crippen LogP contribution in [0.2, 0.25) is 0 Å². The first-order chi connectivity index (χ1) is 3.27. The molecule has 0 saturated heterocycles. The predicted octanol–water partition coefficient (Wildman–Crippen LogP) is 1.47. The molecular weight excluding hydrogens is 179 g/mol. The molecular formula is C6H15OZr-. The van der Waals surface area contributed by atoms with Crippen LogP contribution in [0.3, 0.4) is 0 Å². The molecule has 0 spiro atoms. The number of hydrogen-bond acceptors (Lipinski definition) is 1. The van der Waals surface area contributed by atoms with Crippen molar-refractivity contribution in [3.8, 4) is 0 Å². The van der Waals surface area contributed by atoms with Crippen molar-refractivity contribution in [2.75, 3.05) is 6.61 Å². The summed E-state index contributed by atoms with van der Waals surface area (Å²) in [6.45, 7) is 9.25. The zero-order chi connectivity index (χ0) is 6.28.